The third-order valence-electron chi connectivity index (χ3n) is 7.84. The number of nitrogens with one attached hydrogen (secondary N) is 1. The first-order chi connectivity index (χ1) is 13.2. The lowest BCUT2D eigenvalue weighted by molar-refractivity contribution is -0.297. The van der Waals surface area contributed by atoms with Crippen LogP contribution in [0.25, 0.3) is 0 Å². The Morgan fingerprint density at radius 3 is 2.68 bits per heavy atom. The second kappa shape index (κ2) is 6.75. The van der Waals surface area contributed by atoms with E-state index in [0.29, 0.717) is 0 Å². The van der Waals surface area contributed by atoms with Crippen LogP contribution in [-0.4, -0.2) is 76.2 Å². The number of aliphatic hydroxyl groups is 4. The molecule has 2 saturated heterocycles. The van der Waals surface area contributed by atoms with E-state index in [2.05, 4.69) is 25.2 Å². The van der Waals surface area contributed by atoms with E-state index in [-0.39, 0.29) is 24.9 Å². The third-order valence-corrected chi connectivity index (χ3v) is 7.84. The normalized spacial score (nSPS) is 55.4. The fourth-order valence-electron chi connectivity index (χ4n) is 6.02. The molecule has 3 fully saturated rings. The second-order valence-corrected chi connectivity index (χ2v) is 9.31. The van der Waals surface area contributed by atoms with Gasteiger partial charge in [-0.15, -0.1) is 0 Å². The second-order valence-electron chi connectivity index (χ2n) is 9.31. The van der Waals surface area contributed by atoms with Gasteiger partial charge in [0.25, 0.3) is 0 Å². The minimum absolute atomic E-state index is 0.103. The van der Waals surface area contributed by atoms with Crippen molar-refractivity contribution in [2.45, 2.75) is 76.5 Å². The molecule has 0 spiro atoms. The highest BCUT2D eigenvalue weighted by molar-refractivity contribution is 5.65. The number of aldehydes is 1. The van der Waals surface area contributed by atoms with Crippen molar-refractivity contribution in [2.24, 2.45) is 22.7 Å². The Morgan fingerprint density at radius 2 is 2.04 bits per heavy atom. The van der Waals surface area contributed by atoms with Crippen molar-refractivity contribution >= 4 is 6.29 Å². The maximum atomic E-state index is 12.2. The molecule has 4 rings (SSSR count). The van der Waals surface area contributed by atoms with Crippen LogP contribution in [0.5, 0.6) is 0 Å². The quantitative estimate of drug-likeness (QED) is 0.394. The molecule has 158 valence electrons. The molecule has 0 amide bonds. The maximum Gasteiger partial charge on any atom is 0.186 e. The van der Waals surface area contributed by atoms with Gasteiger partial charge in [0.2, 0.25) is 0 Å². The number of hydrogen-bond donors (Lipinski definition) is 5. The van der Waals surface area contributed by atoms with E-state index in [4.69, 9.17) is 9.47 Å². The average Bonchev–Trinajstić information content (AvgIpc) is 3.03. The van der Waals surface area contributed by atoms with Crippen molar-refractivity contribution < 1.29 is 34.7 Å². The minimum atomic E-state index is -1.30. The van der Waals surface area contributed by atoms with Gasteiger partial charge < -0.3 is 40.0 Å². The van der Waals surface area contributed by atoms with Crippen molar-refractivity contribution in [3.05, 3.63) is 11.8 Å². The molecule has 0 aromatic carbocycles. The number of carbonyl (C=O) groups excluding carboxylic acids is 1. The van der Waals surface area contributed by atoms with Gasteiger partial charge in [-0.2, -0.15) is 0 Å². The Labute approximate surface area is 164 Å². The Hall–Kier alpha value is -1.03. The van der Waals surface area contributed by atoms with Gasteiger partial charge in [0, 0.05) is 23.5 Å². The molecule has 28 heavy (non-hydrogen) atoms. The molecule has 2 bridgehead atoms. The van der Waals surface area contributed by atoms with E-state index in [1.807, 2.05) is 6.92 Å². The molecule has 5 N–H and O–H groups in total. The van der Waals surface area contributed by atoms with Crippen molar-refractivity contribution in [2.75, 3.05) is 6.61 Å². The molecule has 1 saturated carbocycles. The lowest BCUT2D eigenvalue weighted by atomic mass is 9.57. The van der Waals surface area contributed by atoms with Crippen molar-refractivity contribution in [3.63, 3.8) is 0 Å². The van der Waals surface area contributed by atoms with E-state index < -0.39 is 53.7 Å². The smallest absolute Gasteiger partial charge is 0.186 e. The summed E-state index contributed by atoms with van der Waals surface area (Å²) in [4.78, 5) is 12.2. The van der Waals surface area contributed by atoms with Crippen molar-refractivity contribution in [1.82, 2.24) is 5.32 Å². The maximum absolute atomic E-state index is 12.2. The fraction of sp³-hybridized carbons (Fsp3) is 0.850. The molecule has 2 heterocycles. The Bertz CT molecular complexity index is 671. The highest BCUT2D eigenvalue weighted by Crippen LogP contribution is 2.63. The van der Waals surface area contributed by atoms with Crippen LogP contribution in [0.3, 0.4) is 0 Å². The summed E-state index contributed by atoms with van der Waals surface area (Å²) in [6.45, 7) is 5.74. The van der Waals surface area contributed by atoms with E-state index in [1.165, 1.54) is 0 Å². The number of ether oxygens (including phenoxy) is 2. The number of allylic oxidation sites excluding steroid dienone is 2. The first kappa shape index (κ1) is 20.3. The lowest BCUT2D eigenvalue weighted by Gasteiger charge is -2.52. The first-order valence-corrected chi connectivity index (χ1v) is 10.1. The topological polar surface area (TPSA) is 128 Å². The summed E-state index contributed by atoms with van der Waals surface area (Å²) in [5.74, 6) is -0.0884. The van der Waals surface area contributed by atoms with Gasteiger partial charge in [-0.05, 0) is 12.3 Å². The van der Waals surface area contributed by atoms with Gasteiger partial charge in [0.05, 0.1) is 36.4 Å². The zero-order valence-electron chi connectivity index (χ0n) is 16.5. The molecule has 0 aromatic heterocycles. The molecule has 4 aliphatic rings. The summed E-state index contributed by atoms with van der Waals surface area (Å²) in [7, 11) is 0. The predicted molar refractivity (Wildman–Crippen MR) is 97.8 cm³/mol. The van der Waals surface area contributed by atoms with Gasteiger partial charge in [0.15, 0.2) is 6.29 Å². The van der Waals surface area contributed by atoms with E-state index >= 15 is 0 Å². The molecular formula is C20H31NO7. The Morgan fingerprint density at radius 1 is 1.32 bits per heavy atom. The zero-order chi connectivity index (χ0) is 20.4. The van der Waals surface area contributed by atoms with Crippen LogP contribution in [0.15, 0.2) is 11.8 Å². The number of rotatable bonds is 4. The molecule has 2 aliphatic carbocycles. The average molecular weight is 397 g/mol. The number of piperidine rings is 1. The fourth-order valence-corrected chi connectivity index (χ4v) is 6.02. The van der Waals surface area contributed by atoms with Gasteiger partial charge >= 0.3 is 0 Å². The summed E-state index contributed by atoms with van der Waals surface area (Å²) in [6.07, 6.45) is -2.00. The van der Waals surface area contributed by atoms with Crippen molar-refractivity contribution in [3.8, 4) is 0 Å². The van der Waals surface area contributed by atoms with E-state index in [0.717, 1.165) is 18.4 Å². The lowest BCUT2D eigenvalue weighted by Crippen LogP contribution is -2.59. The van der Waals surface area contributed by atoms with Crippen LogP contribution in [0.1, 0.15) is 33.6 Å². The SMILES string of the molecule is CC1CC=C2NC3C(O)C(OC4O[C@H](CO)C[C@H](O)[C@H]4O)C(C3(C)C=O)C21C. The molecule has 0 radical (unpaired) electrons. The third kappa shape index (κ3) is 2.55. The number of aliphatic hydroxyl groups excluding tert-OH is 4. The largest absolute Gasteiger partial charge is 0.394 e. The number of hydrogen-bond acceptors (Lipinski definition) is 8. The summed E-state index contributed by atoms with van der Waals surface area (Å²) in [6, 6.07) is -0.510. The van der Waals surface area contributed by atoms with Crippen LogP contribution < -0.4 is 5.32 Å². The summed E-state index contributed by atoms with van der Waals surface area (Å²) >= 11 is 0. The van der Waals surface area contributed by atoms with Gasteiger partial charge in [-0.25, -0.2) is 0 Å². The van der Waals surface area contributed by atoms with Gasteiger partial charge in [-0.1, -0.05) is 26.8 Å². The van der Waals surface area contributed by atoms with Crippen LogP contribution in [0.2, 0.25) is 0 Å². The molecular weight excluding hydrogens is 366 g/mol. The van der Waals surface area contributed by atoms with E-state index in [9.17, 15) is 25.2 Å². The van der Waals surface area contributed by atoms with Gasteiger partial charge in [-0.3, -0.25) is 0 Å². The summed E-state index contributed by atoms with van der Waals surface area (Å²) in [5.41, 5.74) is -0.232. The van der Waals surface area contributed by atoms with E-state index in [1.54, 1.807) is 0 Å². The molecule has 8 heteroatoms. The van der Waals surface area contributed by atoms with Crippen LogP contribution in [0.4, 0.5) is 0 Å². The molecule has 2 aliphatic heterocycles. The predicted octanol–water partition coefficient (Wildman–Crippen LogP) is -0.702. The molecule has 11 atom stereocenters. The molecule has 8 unspecified atom stereocenters. The Kier molecular flexibility index (Phi) is 4.88. The summed E-state index contributed by atoms with van der Waals surface area (Å²) < 4.78 is 11.7. The highest BCUT2D eigenvalue weighted by atomic mass is 16.7. The van der Waals surface area contributed by atoms with Crippen LogP contribution in [0, 0.1) is 22.7 Å². The summed E-state index contributed by atoms with van der Waals surface area (Å²) in [5, 5.41) is 44.3. The molecule has 8 nitrogen and oxygen atoms in total. The molecule has 0 aromatic rings. The van der Waals surface area contributed by atoms with Gasteiger partial charge in [0.1, 0.15) is 18.5 Å². The highest BCUT2D eigenvalue weighted by Gasteiger charge is 2.70. The number of fused-ring (bicyclic) bond motifs is 4. The minimum Gasteiger partial charge on any atom is -0.394 e. The zero-order valence-corrected chi connectivity index (χ0v) is 16.5. The first-order valence-electron chi connectivity index (χ1n) is 10.1. The number of carbonyl (C=O) groups is 1. The standard InChI is InChI=1S/C20H31NO7/c1-9-4-5-12-20(9,3)16-15(14(26)17(21-12)19(16,2)8-23)28-18-13(25)11(24)6-10(7-22)27-18/h5,8-11,13-18,21-22,24-26H,4,6-7H2,1-3H3/t9?,10-,11-,13+,14?,15?,16?,17?,18?,19?,20?/m0/s1. The van der Waals surface area contributed by atoms with Crippen LogP contribution >= 0.6 is 0 Å². The Balaban J connectivity index is 1.69. The van der Waals surface area contributed by atoms with Crippen LogP contribution in [-0.2, 0) is 14.3 Å². The monoisotopic (exact) mass is 397 g/mol. The van der Waals surface area contributed by atoms with Crippen molar-refractivity contribution in [1.29, 1.82) is 0 Å².